The highest BCUT2D eigenvalue weighted by Gasteiger charge is 2.10. The lowest BCUT2D eigenvalue weighted by Gasteiger charge is -2.23. The Morgan fingerprint density at radius 1 is 1.36 bits per heavy atom. The van der Waals surface area contributed by atoms with Gasteiger partial charge >= 0.3 is 0 Å². The molecule has 0 aromatic rings. The normalized spacial score (nSPS) is 9.00. The van der Waals surface area contributed by atoms with Crippen LogP contribution in [0.5, 0.6) is 0 Å². The Labute approximate surface area is 65.5 Å². The van der Waals surface area contributed by atoms with Crippen LogP contribution in [0.2, 0.25) is 0 Å². The molecule has 4 N–H and O–H groups in total. The van der Waals surface area contributed by atoms with Gasteiger partial charge in [0.05, 0.1) is 7.11 Å². The summed E-state index contributed by atoms with van der Waals surface area (Å²) in [4.78, 5) is 5.88. The molecule has 0 aliphatic heterocycles. The first-order chi connectivity index (χ1) is 5.00. The molecule has 0 rings (SSSR count). The van der Waals surface area contributed by atoms with Crippen LogP contribution in [0.15, 0.2) is 0 Å². The van der Waals surface area contributed by atoms with E-state index in [-0.39, 0.29) is 11.9 Å². The average Bonchev–Trinajstić information content (AvgIpc) is 2.00. The molecule has 0 spiro atoms. The predicted molar refractivity (Wildman–Crippen MR) is 42.2 cm³/mol. The number of guanidine groups is 2. The largest absolute Gasteiger partial charge is 0.370 e. The summed E-state index contributed by atoms with van der Waals surface area (Å²) in [6.07, 6.45) is 0. The Morgan fingerprint density at radius 3 is 2.09 bits per heavy atom. The SMILES string of the molecule is CON(C)C(=N)N(C)C(=N)N. The van der Waals surface area contributed by atoms with Crippen LogP contribution in [-0.4, -0.2) is 43.1 Å². The highest BCUT2D eigenvalue weighted by atomic mass is 16.7. The van der Waals surface area contributed by atoms with Crippen molar-refractivity contribution in [1.29, 1.82) is 10.8 Å². The topological polar surface area (TPSA) is 89.4 Å². The molecule has 6 heteroatoms. The second-order valence-electron chi connectivity index (χ2n) is 1.95. The van der Waals surface area contributed by atoms with Crippen molar-refractivity contribution in [2.24, 2.45) is 5.73 Å². The van der Waals surface area contributed by atoms with Gasteiger partial charge in [-0.1, -0.05) is 0 Å². The Hall–Kier alpha value is -1.30. The fourth-order valence-electron chi connectivity index (χ4n) is 0.412. The minimum absolute atomic E-state index is 0.0139. The Balaban J connectivity index is 4.13. The second-order valence-corrected chi connectivity index (χ2v) is 1.95. The second kappa shape index (κ2) is 3.77. The third-order valence-corrected chi connectivity index (χ3v) is 1.25. The Kier molecular flexibility index (Phi) is 3.32. The Bertz CT molecular complexity index is 168. The summed E-state index contributed by atoms with van der Waals surface area (Å²) < 4.78 is 0. The number of hydrogen-bond donors (Lipinski definition) is 3. The summed E-state index contributed by atoms with van der Waals surface area (Å²) in [5, 5.41) is 15.5. The van der Waals surface area contributed by atoms with E-state index in [2.05, 4.69) is 0 Å². The van der Waals surface area contributed by atoms with Gasteiger partial charge in [-0.15, -0.1) is 0 Å². The first kappa shape index (κ1) is 9.70. The van der Waals surface area contributed by atoms with Gasteiger partial charge in [-0.05, 0) is 0 Å². The first-order valence-corrected chi connectivity index (χ1v) is 2.94. The van der Waals surface area contributed by atoms with Crippen molar-refractivity contribution in [3.05, 3.63) is 0 Å². The summed E-state index contributed by atoms with van der Waals surface area (Å²) in [5.41, 5.74) is 5.12. The quantitative estimate of drug-likeness (QED) is 0.266. The van der Waals surface area contributed by atoms with Crippen molar-refractivity contribution < 1.29 is 4.84 Å². The maximum Gasteiger partial charge on any atom is 0.224 e. The molecule has 0 atom stereocenters. The van der Waals surface area contributed by atoms with Crippen LogP contribution in [0.1, 0.15) is 0 Å². The van der Waals surface area contributed by atoms with E-state index in [0.29, 0.717) is 0 Å². The van der Waals surface area contributed by atoms with Crippen LogP contribution in [-0.2, 0) is 4.84 Å². The van der Waals surface area contributed by atoms with Crippen LogP contribution < -0.4 is 5.73 Å². The number of rotatable bonds is 1. The number of nitrogens with one attached hydrogen (secondary N) is 2. The molecule has 0 bridgehead atoms. The molecule has 0 amide bonds. The predicted octanol–water partition coefficient (Wildman–Crippen LogP) is -0.760. The van der Waals surface area contributed by atoms with Crippen molar-refractivity contribution >= 4 is 11.9 Å². The van der Waals surface area contributed by atoms with Crippen LogP contribution in [0, 0.1) is 10.8 Å². The fourth-order valence-corrected chi connectivity index (χ4v) is 0.412. The minimum atomic E-state index is -0.195. The lowest BCUT2D eigenvalue weighted by molar-refractivity contribution is -0.0500. The van der Waals surface area contributed by atoms with Gasteiger partial charge in [0.25, 0.3) is 0 Å². The van der Waals surface area contributed by atoms with E-state index >= 15 is 0 Å². The molecule has 0 aromatic heterocycles. The number of nitrogens with two attached hydrogens (primary N) is 1. The summed E-state index contributed by atoms with van der Waals surface area (Å²) >= 11 is 0. The molecule has 0 saturated carbocycles. The highest BCUT2D eigenvalue weighted by molar-refractivity contribution is 5.94. The zero-order chi connectivity index (χ0) is 9.02. The van der Waals surface area contributed by atoms with Gasteiger partial charge in [0.1, 0.15) is 0 Å². The van der Waals surface area contributed by atoms with Gasteiger partial charge in [-0.25, -0.2) is 5.06 Å². The molecule has 0 fully saturated rings. The van der Waals surface area contributed by atoms with E-state index in [9.17, 15) is 0 Å². The van der Waals surface area contributed by atoms with E-state index in [4.69, 9.17) is 21.4 Å². The van der Waals surface area contributed by atoms with E-state index in [1.807, 2.05) is 0 Å². The molecule has 0 unspecified atom stereocenters. The first-order valence-electron chi connectivity index (χ1n) is 2.94. The molecule has 11 heavy (non-hydrogen) atoms. The van der Waals surface area contributed by atoms with E-state index in [1.54, 1.807) is 7.05 Å². The van der Waals surface area contributed by atoms with Gasteiger partial charge in [0.15, 0.2) is 5.96 Å². The van der Waals surface area contributed by atoms with Crippen molar-refractivity contribution in [1.82, 2.24) is 9.96 Å². The molecular formula is C5H13N5O. The molecule has 6 nitrogen and oxygen atoms in total. The van der Waals surface area contributed by atoms with Crippen molar-refractivity contribution in [2.45, 2.75) is 0 Å². The summed E-state index contributed by atoms with van der Waals surface area (Å²) in [6, 6.07) is 0. The molecule has 0 aliphatic rings. The molecule has 64 valence electrons. The average molecular weight is 159 g/mol. The van der Waals surface area contributed by atoms with Crippen LogP contribution >= 0.6 is 0 Å². The highest BCUT2D eigenvalue weighted by Crippen LogP contribution is 1.89. The van der Waals surface area contributed by atoms with Crippen LogP contribution in [0.25, 0.3) is 0 Å². The molecule has 0 heterocycles. The Morgan fingerprint density at radius 2 is 1.82 bits per heavy atom. The lowest BCUT2D eigenvalue weighted by Crippen LogP contribution is -2.45. The van der Waals surface area contributed by atoms with E-state index < -0.39 is 0 Å². The maximum absolute atomic E-state index is 7.34. The minimum Gasteiger partial charge on any atom is -0.370 e. The zero-order valence-corrected chi connectivity index (χ0v) is 6.88. The van der Waals surface area contributed by atoms with E-state index in [0.717, 1.165) is 0 Å². The molecule has 0 saturated heterocycles. The van der Waals surface area contributed by atoms with Gasteiger partial charge < -0.3 is 5.73 Å². The molecule has 0 aromatic carbocycles. The van der Waals surface area contributed by atoms with Gasteiger partial charge in [-0.3, -0.25) is 20.6 Å². The molecular weight excluding hydrogens is 146 g/mol. The summed E-state index contributed by atoms with van der Waals surface area (Å²) in [5.74, 6) is -0.182. The third kappa shape index (κ3) is 2.42. The van der Waals surface area contributed by atoms with Crippen molar-refractivity contribution in [3.63, 3.8) is 0 Å². The molecule has 0 aliphatic carbocycles. The summed E-state index contributed by atoms with van der Waals surface area (Å²) in [7, 11) is 4.50. The smallest absolute Gasteiger partial charge is 0.224 e. The number of hydrogen-bond acceptors (Lipinski definition) is 3. The van der Waals surface area contributed by atoms with Crippen molar-refractivity contribution in [2.75, 3.05) is 21.2 Å². The summed E-state index contributed by atoms with van der Waals surface area (Å²) in [6.45, 7) is 0. The number of hydroxylamine groups is 2. The van der Waals surface area contributed by atoms with Gasteiger partial charge in [0, 0.05) is 14.1 Å². The van der Waals surface area contributed by atoms with Crippen LogP contribution in [0.3, 0.4) is 0 Å². The standard InChI is InChI=1S/C5H13N5O/c1-9(4(6)7)5(8)10(2)11-3/h8H,1-3H3,(H3,6,7). The number of nitrogens with zero attached hydrogens (tertiary/aromatic N) is 2. The monoisotopic (exact) mass is 159 g/mol. The maximum atomic E-state index is 7.34. The zero-order valence-electron chi connectivity index (χ0n) is 6.88. The van der Waals surface area contributed by atoms with E-state index in [1.165, 1.54) is 24.1 Å². The van der Waals surface area contributed by atoms with Crippen molar-refractivity contribution in [3.8, 4) is 0 Å². The third-order valence-electron chi connectivity index (χ3n) is 1.25. The molecule has 0 radical (unpaired) electrons. The van der Waals surface area contributed by atoms with Crippen LogP contribution in [0.4, 0.5) is 0 Å². The fraction of sp³-hybridized carbons (Fsp3) is 0.600. The van der Waals surface area contributed by atoms with Gasteiger partial charge in [0.2, 0.25) is 5.96 Å². The lowest BCUT2D eigenvalue weighted by atomic mass is 10.7. The van der Waals surface area contributed by atoms with Gasteiger partial charge in [-0.2, -0.15) is 0 Å².